The first-order chi connectivity index (χ1) is 23.7. The molecule has 288 valence electrons. The largest absolute Gasteiger partial charge is 0.332 e. The second-order valence-electron chi connectivity index (χ2n) is 17.6. The van der Waals surface area contributed by atoms with Gasteiger partial charge in [0.25, 0.3) is 0 Å². The zero-order chi connectivity index (χ0) is 38.4. The third-order valence-electron chi connectivity index (χ3n) is 11.5. The minimum absolute atomic E-state index is 0.0609. The Balaban J connectivity index is 1.83. The van der Waals surface area contributed by atoms with Crippen LogP contribution in [-0.4, -0.2) is 78.3 Å². The lowest BCUT2D eigenvalue weighted by atomic mass is 9.82. The smallest absolute Gasteiger partial charge is 0.315 e. The van der Waals surface area contributed by atoms with Gasteiger partial charge in [0.2, 0.25) is 11.7 Å². The van der Waals surface area contributed by atoms with Gasteiger partial charge >= 0.3 is 6.03 Å². The van der Waals surface area contributed by atoms with Crippen molar-refractivity contribution in [2.45, 2.75) is 143 Å². The van der Waals surface area contributed by atoms with Gasteiger partial charge in [-0.3, -0.25) is 19.2 Å². The number of hydrogen-bond donors (Lipinski definition) is 2. The summed E-state index contributed by atoms with van der Waals surface area (Å²) < 4.78 is 26.4. The number of carbonyl (C=O) groups excluding carboxylic acids is 5. The van der Waals surface area contributed by atoms with E-state index >= 15 is 0 Å². The number of nitrogens with zero attached hydrogens (tertiary/aromatic N) is 1. The molecule has 3 aliphatic rings. The number of unbranched alkanes of at least 4 members (excludes halogenated alkanes) is 1. The van der Waals surface area contributed by atoms with Gasteiger partial charge in [-0.25, -0.2) is 13.2 Å². The zero-order valence-electron chi connectivity index (χ0n) is 32.4. The predicted molar refractivity (Wildman–Crippen MR) is 202 cm³/mol. The Morgan fingerprint density at radius 1 is 0.961 bits per heavy atom. The fraction of sp³-hybridized carbons (Fsp3) is 0.775. The Kier molecular flexibility index (Phi) is 14.5. The lowest BCUT2D eigenvalue weighted by Crippen LogP contribution is -2.63. The molecule has 0 bridgehead atoms. The molecule has 0 aromatic carbocycles. The Hall–Kier alpha value is -2.82. The molecule has 51 heavy (non-hydrogen) atoms. The van der Waals surface area contributed by atoms with Crippen molar-refractivity contribution >= 4 is 39.1 Å². The summed E-state index contributed by atoms with van der Waals surface area (Å²) in [6, 6.07) is -2.38. The molecular weight excluding hydrogens is 667 g/mol. The number of nitrogens with one attached hydrogen (secondary N) is 2. The number of rotatable bonds is 20. The molecule has 0 aromatic heterocycles. The van der Waals surface area contributed by atoms with Crippen molar-refractivity contribution in [2.24, 2.45) is 34.5 Å². The number of piperidine rings is 1. The molecule has 10 nitrogen and oxygen atoms in total. The third kappa shape index (κ3) is 11.1. The van der Waals surface area contributed by atoms with Crippen molar-refractivity contribution in [2.75, 3.05) is 18.1 Å². The van der Waals surface area contributed by atoms with Crippen LogP contribution in [0.25, 0.3) is 0 Å². The normalized spacial score (nSPS) is 23.5. The Morgan fingerprint density at radius 2 is 1.59 bits per heavy atom. The SMILES string of the molecule is C=CCCCC(=O)C(=O)C(CCC=C)CC(=O)[C@@H]1[C@@H]2[C@H](CN1C(=O)[C@@H](NC(=O)NC1(CS(=O)(=O)CCC(C)C)CCCCC1)C(C)(C)C)C2(C)C. The number of sulfone groups is 1. The molecule has 1 unspecified atom stereocenters. The summed E-state index contributed by atoms with van der Waals surface area (Å²) in [6.45, 7) is 21.5. The maximum atomic E-state index is 14.5. The summed E-state index contributed by atoms with van der Waals surface area (Å²) in [5.74, 6) is -2.30. The number of hydrogen-bond acceptors (Lipinski definition) is 7. The Bertz CT molecular complexity index is 1420. The number of likely N-dealkylation sites (tertiary alicyclic amines) is 1. The van der Waals surface area contributed by atoms with Gasteiger partial charge in [0, 0.05) is 25.3 Å². The Labute approximate surface area is 307 Å². The van der Waals surface area contributed by atoms with Gasteiger partial charge in [-0.05, 0) is 73.5 Å². The van der Waals surface area contributed by atoms with E-state index in [1.54, 1.807) is 17.1 Å². The topological polar surface area (TPSA) is 147 Å². The van der Waals surface area contributed by atoms with Crippen LogP contribution in [0, 0.1) is 34.5 Å². The summed E-state index contributed by atoms with van der Waals surface area (Å²) in [5, 5.41) is 5.94. The van der Waals surface area contributed by atoms with Crippen LogP contribution in [0.15, 0.2) is 25.3 Å². The number of amides is 3. The maximum Gasteiger partial charge on any atom is 0.315 e. The van der Waals surface area contributed by atoms with E-state index in [2.05, 4.69) is 37.6 Å². The molecule has 0 spiro atoms. The minimum atomic E-state index is -3.44. The molecule has 2 N–H and O–H groups in total. The van der Waals surface area contributed by atoms with Crippen molar-refractivity contribution in [1.29, 1.82) is 0 Å². The number of ketones is 3. The monoisotopic (exact) mass is 731 g/mol. The van der Waals surface area contributed by atoms with Gasteiger partial charge in [-0.1, -0.05) is 79.9 Å². The molecule has 1 saturated heterocycles. The zero-order valence-corrected chi connectivity index (χ0v) is 33.2. The van der Waals surface area contributed by atoms with Gasteiger partial charge in [0.05, 0.1) is 23.1 Å². The molecule has 3 fully saturated rings. The van der Waals surface area contributed by atoms with Crippen LogP contribution in [0.5, 0.6) is 0 Å². The van der Waals surface area contributed by atoms with E-state index in [1.807, 2.05) is 34.6 Å². The van der Waals surface area contributed by atoms with Crippen LogP contribution < -0.4 is 10.6 Å². The second kappa shape index (κ2) is 17.3. The van der Waals surface area contributed by atoms with Crippen LogP contribution in [0.4, 0.5) is 4.79 Å². The number of urea groups is 1. The lowest BCUT2D eigenvalue weighted by Gasteiger charge is -2.40. The number of carbonyl (C=O) groups is 5. The summed E-state index contributed by atoms with van der Waals surface area (Å²) in [7, 11) is -3.44. The highest BCUT2D eigenvalue weighted by molar-refractivity contribution is 7.91. The number of Topliss-reactive ketones (excluding diaryl/α,β-unsaturated/α-hetero) is 3. The van der Waals surface area contributed by atoms with E-state index in [-0.39, 0.29) is 59.2 Å². The molecule has 2 aliphatic carbocycles. The second-order valence-corrected chi connectivity index (χ2v) is 19.8. The van der Waals surface area contributed by atoms with E-state index < -0.39 is 56.4 Å². The van der Waals surface area contributed by atoms with Gasteiger partial charge in [0.1, 0.15) is 6.04 Å². The number of allylic oxidation sites excluding steroid dienone is 2. The van der Waals surface area contributed by atoms with E-state index in [0.29, 0.717) is 51.5 Å². The highest BCUT2D eigenvalue weighted by Crippen LogP contribution is 2.65. The average Bonchev–Trinajstić information content (AvgIpc) is 3.34. The molecule has 5 atom stereocenters. The van der Waals surface area contributed by atoms with Crippen LogP contribution in [0.2, 0.25) is 0 Å². The highest BCUT2D eigenvalue weighted by atomic mass is 32.2. The van der Waals surface area contributed by atoms with Gasteiger partial charge in [-0.15, -0.1) is 13.2 Å². The van der Waals surface area contributed by atoms with E-state index in [1.165, 1.54) is 0 Å². The fourth-order valence-corrected chi connectivity index (χ4v) is 10.5. The average molecular weight is 732 g/mol. The van der Waals surface area contributed by atoms with Gasteiger partial charge < -0.3 is 15.5 Å². The summed E-state index contributed by atoms with van der Waals surface area (Å²) in [5.41, 5.74) is -1.83. The molecular formula is C40H65N3O7S. The molecule has 0 aromatic rings. The predicted octanol–water partition coefficient (Wildman–Crippen LogP) is 6.38. The highest BCUT2D eigenvalue weighted by Gasteiger charge is 2.69. The summed E-state index contributed by atoms with van der Waals surface area (Å²) >= 11 is 0. The van der Waals surface area contributed by atoms with Crippen molar-refractivity contribution in [1.82, 2.24) is 15.5 Å². The summed E-state index contributed by atoms with van der Waals surface area (Å²) in [4.78, 5) is 70.2. The van der Waals surface area contributed by atoms with Crippen LogP contribution in [-0.2, 0) is 29.0 Å². The van der Waals surface area contributed by atoms with Gasteiger partial charge in [0.15, 0.2) is 21.4 Å². The maximum absolute atomic E-state index is 14.5. The number of fused-ring (bicyclic) bond motifs is 1. The van der Waals surface area contributed by atoms with Crippen molar-refractivity contribution in [3.8, 4) is 0 Å². The van der Waals surface area contributed by atoms with Crippen molar-refractivity contribution in [3.63, 3.8) is 0 Å². The molecule has 3 rings (SSSR count). The minimum Gasteiger partial charge on any atom is -0.332 e. The quantitative estimate of drug-likeness (QED) is 0.0839. The molecule has 2 saturated carbocycles. The first kappa shape index (κ1) is 42.6. The third-order valence-corrected chi connectivity index (χ3v) is 13.4. The first-order valence-corrected chi connectivity index (χ1v) is 20.9. The molecule has 0 radical (unpaired) electrons. The molecule has 1 aliphatic heterocycles. The lowest BCUT2D eigenvalue weighted by molar-refractivity contribution is -0.144. The molecule has 1 heterocycles. The van der Waals surface area contributed by atoms with Crippen LogP contribution in [0.1, 0.15) is 126 Å². The summed E-state index contributed by atoms with van der Waals surface area (Å²) in [6.07, 6.45) is 9.45. The van der Waals surface area contributed by atoms with E-state index in [0.717, 1.165) is 19.3 Å². The van der Waals surface area contributed by atoms with E-state index in [9.17, 15) is 32.4 Å². The standard InChI is InChI=1S/C40H65N3O7S/c1-10-12-15-19-30(44)34(46)28(18-13-11-2)24-31(45)33-32-29(39(32,8)9)25-43(33)36(47)35(38(5,6)7)41-37(48)42-40(21-16-14-17-22-40)26-51(49,50)23-20-27(3)4/h10-11,27-29,32-33,35H,1-2,12-26H2,3-9H3,(H2,41,42,48)/t28?,29-,32-,33+,35+/m0/s1. The first-order valence-electron chi connectivity index (χ1n) is 19.1. The van der Waals surface area contributed by atoms with Crippen molar-refractivity contribution in [3.05, 3.63) is 25.3 Å². The van der Waals surface area contributed by atoms with Crippen LogP contribution in [0.3, 0.4) is 0 Å². The molecule has 11 heteroatoms. The molecule has 3 amide bonds. The van der Waals surface area contributed by atoms with E-state index in [4.69, 9.17) is 0 Å². The fourth-order valence-electron chi connectivity index (χ4n) is 8.31. The Morgan fingerprint density at radius 3 is 2.16 bits per heavy atom. The van der Waals surface area contributed by atoms with Crippen molar-refractivity contribution < 1.29 is 32.4 Å². The van der Waals surface area contributed by atoms with Crippen LogP contribution >= 0.6 is 0 Å². The van der Waals surface area contributed by atoms with Gasteiger partial charge in [-0.2, -0.15) is 0 Å².